The van der Waals surface area contributed by atoms with Crippen LogP contribution >= 0.6 is 0 Å². The first-order chi connectivity index (χ1) is 15.4. The second-order valence-corrected chi connectivity index (χ2v) is 29.6. The average Bonchev–Trinajstić information content (AvgIpc) is 2.63. The van der Waals surface area contributed by atoms with E-state index in [1.807, 2.05) is 6.92 Å². The van der Waals surface area contributed by atoms with Gasteiger partial charge in [-0.1, -0.05) is 69.2 Å². The van der Waals surface area contributed by atoms with E-state index in [-0.39, 0.29) is 45.4 Å². The van der Waals surface area contributed by atoms with E-state index >= 15 is 0 Å². The molecule has 0 bridgehead atoms. The first-order valence-corrected chi connectivity index (χ1v) is 22.2. The Bertz CT molecular complexity index is 701. The van der Waals surface area contributed by atoms with Gasteiger partial charge in [-0.2, -0.15) is 0 Å². The monoisotopic (exact) mass is 546 g/mol. The van der Waals surface area contributed by atoms with Crippen LogP contribution in [-0.2, 0) is 22.8 Å². The fourth-order valence-electron chi connectivity index (χ4n) is 3.44. The molecular formula is C27H58O5Si3. The van der Waals surface area contributed by atoms with Gasteiger partial charge in [-0.25, -0.2) is 0 Å². The van der Waals surface area contributed by atoms with Gasteiger partial charge in [0.1, 0.15) is 12.4 Å². The molecule has 0 radical (unpaired) electrons. The predicted octanol–water partition coefficient (Wildman–Crippen LogP) is 7.78. The summed E-state index contributed by atoms with van der Waals surface area (Å²) in [7, 11) is -6.11. The zero-order chi connectivity index (χ0) is 27.8. The number of hydrogen-bond donors (Lipinski definition) is 0. The zero-order valence-corrected chi connectivity index (χ0v) is 28.9. The number of aldehydes is 1. The van der Waals surface area contributed by atoms with Gasteiger partial charge in [-0.15, -0.1) is 0 Å². The van der Waals surface area contributed by atoms with Crippen LogP contribution in [0.25, 0.3) is 0 Å². The van der Waals surface area contributed by atoms with Gasteiger partial charge < -0.3 is 22.8 Å². The highest BCUT2D eigenvalue weighted by Crippen LogP contribution is 2.44. The molecule has 1 aliphatic heterocycles. The summed E-state index contributed by atoms with van der Waals surface area (Å²) in [6, 6.07) is 0. The summed E-state index contributed by atoms with van der Waals surface area (Å²) in [6.07, 6.45) is 0.931. The van der Waals surface area contributed by atoms with Crippen LogP contribution in [0.2, 0.25) is 54.4 Å². The molecule has 1 heterocycles. The minimum atomic E-state index is -2.08. The van der Waals surface area contributed by atoms with E-state index < -0.39 is 25.0 Å². The van der Waals surface area contributed by atoms with Gasteiger partial charge in [0.2, 0.25) is 0 Å². The number of ether oxygens (including phenoxy) is 1. The summed E-state index contributed by atoms with van der Waals surface area (Å²) in [6.45, 7) is 36.4. The van der Waals surface area contributed by atoms with Gasteiger partial charge >= 0.3 is 0 Å². The van der Waals surface area contributed by atoms with Crippen molar-refractivity contribution in [1.82, 2.24) is 0 Å². The van der Waals surface area contributed by atoms with Crippen LogP contribution in [0.5, 0.6) is 0 Å². The first-order valence-electron chi connectivity index (χ1n) is 13.5. The molecule has 0 N–H and O–H groups in total. The molecule has 0 aromatic heterocycles. The molecule has 5 atom stereocenters. The Kier molecular flexibility index (Phi) is 10.5. The van der Waals surface area contributed by atoms with Crippen LogP contribution in [0.15, 0.2) is 0 Å². The highest BCUT2D eigenvalue weighted by molar-refractivity contribution is 6.75. The molecule has 0 amide bonds. The minimum absolute atomic E-state index is 0.0695. The summed E-state index contributed by atoms with van der Waals surface area (Å²) < 4.78 is 27.3. The molecule has 1 rings (SSSR count). The second-order valence-electron chi connectivity index (χ2n) is 15.3. The highest BCUT2D eigenvalue weighted by Gasteiger charge is 2.50. The van der Waals surface area contributed by atoms with Crippen molar-refractivity contribution in [3.05, 3.63) is 0 Å². The van der Waals surface area contributed by atoms with Crippen LogP contribution in [0.4, 0.5) is 0 Å². The van der Waals surface area contributed by atoms with Crippen LogP contribution in [0.1, 0.15) is 75.7 Å². The third kappa shape index (κ3) is 8.32. The Morgan fingerprint density at radius 1 is 0.771 bits per heavy atom. The standard InChI is InChI=1S/C27H58O5Si3/c1-20(18-28)24-22(32-35(15,16)27(8,9)10)17-21(31-34(13,14)26(5,6)7)23(30-24)19-29-33(11,12)25(2,3)4/h18,20-24H,17,19H2,1-16H3/t20-,21-,22+,23-,24?/m1/s1. The fraction of sp³-hybridized carbons (Fsp3) is 0.963. The Balaban J connectivity index is 3.37. The van der Waals surface area contributed by atoms with Crippen molar-refractivity contribution < 1.29 is 22.8 Å². The molecule has 1 saturated heterocycles. The third-order valence-electron chi connectivity index (χ3n) is 9.23. The minimum Gasteiger partial charge on any atom is -0.414 e. The molecule has 208 valence electrons. The van der Waals surface area contributed by atoms with Crippen LogP contribution in [0.3, 0.4) is 0 Å². The predicted molar refractivity (Wildman–Crippen MR) is 156 cm³/mol. The highest BCUT2D eigenvalue weighted by atomic mass is 28.4. The molecule has 35 heavy (non-hydrogen) atoms. The summed E-state index contributed by atoms with van der Waals surface area (Å²) >= 11 is 0. The Hall–Kier alpha value is 0.161. The SMILES string of the molecule is C[C@H](C=O)C1O[C@H](CO[Si](C)(C)C(C)(C)C)[C@H](O[Si](C)(C)C(C)(C)C)C[C@@H]1O[Si](C)(C)C(C)(C)C. The molecule has 0 saturated carbocycles. The summed E-state index contributed by atoms with van der Waals surface area (Å²) in [5.74, 6) is -0.256. The van der Waals surface area contributed by atoms with E-state index in [0.717, 1.165) is 12.7 Å². The van der Waals surface area contributed by atoms with E-state index in [4.69, 9.17) is 18.0 Å². The molecule has 1 unspecified atom stereocenters. The quantitative estimate of drug-likeness (QED) is 0.218. The summed E-state index contributed by atoms with van der Waals surface area (Å²) in [5, 5.41) is 0.265. The first kappa shape index (κ1) is 33.2. The maximum atomic E-state index is 11.9. The fourth-order valence-corrected chi connectivity index (χ4v) is 7.15. The summed E-state index contributed by atoms with van der Waals surface area (Å²) in [5.41, 5.74) is 0. The van der Waals surface area contributed by atoms with E-state index in [0.29, 0.717) is 6.61 Å². The van der Waals surface area contributed by atoms with Crippen LogP contribution in [0, 0.1) is 5.92 Å². The van der Waals surface area contributed by atoms with E-state index in [9.17, 15) is 4.79 Å². The molecular weight excluding hydrogens is 489 g/mol. The lowest BCUT2D eigenvalue weighted by Gasteiger charge is -2.50. The Morgan fingerprint density at radius 3 is 1.54 bits per heavy atom. The molecule has 0 spiro atoms. The van der Waals surface area contributed by atoms with Gasteiger partial charge in [0.25, 0.3) is 0 Å². The smallest absolute Gasteiger partial charge is 0.192 e. The number of hydrogen-bond acceptors (Lipinski definition) is 5. The van der Waals surface area contributed by atoms with E-state index in [1.165, 1.54) is 0 Å². The molecule has 0 aliphatic carbocycles. The van der Waals surface area contributed by atoms with Gasteiger partial charge in [-0.3, -0.25) is 0 Å². The van der Waals surface area contributed by atoms with Gasteiger partial charge in [0.15, 0.2) is 25.0 Å². The Labute approximate surface area is 220 Å². The van der Waals surface area contributed by atoms with Gasteiger partial charge in [-0.05, 0) is 54.4 Å². The third-order valence-corrected chi connectivity index (χ3v) is 22.7. The maximum absolute atomic E-state index is 11.9. The summed E-state index contributed by atoms with van der Waals surface area (Å²) in [4.78, 5) is 11.9. The number of carbonyl (C=O) groups excluding carboxylic acids is 1. The van der Waals surface area contributed by atoms with Crippen molar-refractivity contribution in [2.24, 2.45) is 5.92 Å². The molecule has 5 nitrogen and oxygen atoms in total. The normalized spacial score (nSPS) is 26.5. The lowest BCUT2D eigenvalue weighted by molar-refractivity contribution is -0.183. The van der Waals surface area contributed by atoms with Crippen molar-refractivity contribution in [2.45, 2.75) is 154 Å². The van der Waals surface area contributed by atoms with E-state index in [1.54, 1.807) is 0 Å². The largest absolute Gasteiger partial charge is 0.414 e. The van der Waals surface area contributed by atoms with Gasteiger partial charge in [0.05, 0.1) is 24.9 Å². The van der Waals surface area contributed by atoms with Gasteiger partial charge in [0, 0.05) is 12.3 Å². The van der Waals surface area contributed by atoms with Crippen LogP contribution < -0.4 is 0 Å². The number of carbonyl (C=O) groups is 1. The molecule has 0 aromatic carbocycles. The van der Waals surface area contributed by atoms with Crippen molar-refractivity contribution in [3.8, 4) is 0 Å². The Morgan fingerprint density at radius 2 is 1.17 bits per heavy atom. The van der Waals surface area contributed by atoms with E-state index in [2.05, 4.69) is 102 Å². The number of rotatable bonds is 9. The molecule has 0 aromatic rings. The molecule has 8 heteroatoms. The van der Waals surface area contributed by atoms with Crippen LogP contribution in [-0.4, -0.2) is 62.3 Å². The topological polar surface area (TPSA) is 54.0 Å². The van der Waals surface area contributed by atoms with Crippen molar-refractivity contribution in [1.29, 1.82) is 0 Å². The average molecular weight is 547 g/mol. The second kappa shape index (κ2) is 11.1. The van der Waals surface area contributed by atoms with Crippen molar-refractivity contribution in [3.63, 3.8) is 0 Å². The van der Waals surface area contributed by atoms with Crippen molar-refractivity contribution in [2.75, 3.05) is 6.61 Å². The van der Waals surface area contributed by atoms with Crippen molar-refractivity contribution >= 4 is 31.2 Å². The lowest BCUT2D eigenvalue weighted by Crippen LogP contribution is -2.60. The molecule has 1 fully saturated rings. The zero-order valence-electron chi connectivity index (χ0n) is 25.9. The maximum Gasteiger partial charge on any atom is 0.192 e. The lowest BCUT2D eigenvalue weighted by atomic mass is 9.92. The molecule has 1 aliphatic rings.